The second-order valence-electron chi connectivity index (χ2n) is 4.60. The molecular formula is C16H18FNS. The summed E-state index contributed by atoms with van der Waals surface area (Å²) in [5.41, 5.74) is 9.75. The Morgan fingerprint density at radius 2 is 1.79 bits per heavy atom. The summed E-state index contributed by atoms with van der Waals surface area (Å²) >= 11 is 1.81. The average molecular weight is 275 g/mol. The Kier molecular flexibility index (Phi) is 5.00. The first-order valence-corrected chi connectivity index (χ1v) is 7.45. The van der Waals surface area contributed by atoms with Gasteiger partial charge in [-0.2, -0.15) is 11.8 Å². The number of rotatable bonds is 5. The smallest absolute Gasteiger partial charge is 0.123 e. The molecule has 0 spiro atoms. The largest absolute Gasteiger partial charge is 0.323 e. The van der Waals surface area contributed by atoms with E-state index in [1.807, 2.05) is 17.8 Å². The Bertz CT molecular complexity index is 525. The van der Waals surface area contributed by atoms with E-state index >= 15 is 0 Å². The van der Waals surface area contributed by atoms with Crippen LogP contribution >= 0.6 is 11.8 Å². The van der Waals surface area contributed by atoms with Gasteiger partial charge >= 0.3 is 0 Å². The number of nitrogens with two attached hydrogens (primary N) is 1. The zero-order valence-corrected chi connectivity index (χ0v) is 11.8. The van der Waals surface area contributed by atoms with Crippen LogP contribution in [-0.2, 0) is 5.75 Å². The highest BCUT2D eigenvalue weighted by atomic mass is 32.2. The van der Waals surface area contributed by atoms with E-state index in [1.54, 1.807) is 12.1 Å². The maximum absolute atomic E-state index is 12.8. The Balaban J connectivity index is 1.86. The summed E-state index contributed by atoms with van der Waals surface area (Å²) < 4.78 is 12.8. The molecule has 0 aliphatic heterocycles. The van der Waals surface area contributed by atoms with Crippen LogP contribution in [0, 0.1) is 12.7 Å². The number of thioether (sulfide) groups is 1. The van der Waals surface area contributed by atoms with Crippen molar-refractivity contribution >= 4 is 11.8 Å². The van der Waals surface area contributed by atoms with Crippen LogP contribution in [0.25, 0.3) is 0 Å². The van der Waals surface area contributed by atoms with Gasteiger partial charge in [0.1, 0.15) is 5.82 Å². The molecule has 0 amide bonds. The first-order valence-electron chi connectivity index (χ1n) is 6.30. The van der Waals surface area contributed by atoms with Crippen molar-refractivity contribution < 1.29 is 4.39 Å². The Morgan fingerprint density at radius 1 is 1.11 bits per heavy atom. The van der Waals surface area contributed by atoms with Gasteiger partial charge in [0.2, 0.25) is 0 Å². The van der Waals surface area contributed by atoms with Crippen molar-refractivity contribution in [3.63, 3.8) is 0 Å². The van der Waals surface area contributed by atoms with Gasteiger partial charge in [-0.1, -0.05) is 36.4 Å². The van der Waals surface area contributed by atoms with E-state index in [9.17, 15) is 4.39 Å². The highest BCUT2D eigenvalue weighted by Crippen LogP contribution is 2.21. The SMILES string of the molecule is Cc1ccccc1CSCC(N)c1ccc(F)cc1. The van der Waals surface area contributed by atoms with Gasteiger partial charge in [0, 0.05) is 17.5 Å². The molecular weight excluding hydrogens is 257 g/mol. The first-order chi connectivity index (χ1) is 9.16. The second kappa shape index (κ2) is 6.73. The lowest BCUT2D eigenvalue weighted by Crippen LogP contribution is -2.13. The van der Waals surface area contributed by atoms with Gasteiger partial charge < -0.3 is 5.73 Å². The number of benzene rings is 2. The lowest BCUT2D eigenvalue weighted by Gasteiger charge is -2.12. The molecule has 19 heavy (non-hydrogen) atoms. The third-order valence-electron chi connectivity index (χ3n) is 3.11. The van der Waals surface area contributed by atoms with E-state index in [-0.39, 0.29) is 11.9 Å². The summed E-state index contributed by atoms with van der Waals surface area (Å²) in [6.45, 7) is 2.12. The van der Waals surface area contributed by atoms with Crippen molar-refractivity contribution in [3.05, 3.63) is 71.0 Å². The molecule has 0 aliphatic carbocycles. The van der Waals surface area contributed by atoms with Crippen LogP contribution in [0.5, 0.6) is 0 Å². The Labute approximate surface area is 118 Å². The summed E-state index contributed by atoms with van der Waals surface area (Å²) in [5, 5.41) is 0. The van der Waals surface area contributed by atoms with Crippen LogP contribution in [0.2, 0.25) is 0 Å². The number of hydrogen-bond donors (Lipinski definition) is 1. The molecule has 0 saturated heterocycles. The summed E-state index contributed by atoms with van der Waals surface area (Å²) in [4.78, 5) is 0. The fraction of sp³-hybridized carbons (Fsp3) is 0.250. The van der Waals surface area contributed by atoms with Crippen LogP contribution in [0.4, 0.5) is 4.39 Å². The zero-order valence-electron chi connectivity index (χ0n) is 11.0. The molecule has 1 atom stereocenters. The van der Waals surface area contributed by atoms with Crippen LogP contribution in [-0.4, -0.2) is 5.75 Å². The summed E-state index contributed by atoms with van der Waals surface area (Å²) in [7, 11) is 0. The fourth-order valence-corrected chi connectivity index (χ4v) is 2.98. The topological polar surface area (TPSA) is 26.0 Å². The van der Waals surface area contributed by atoms with E-state index < -0.39 is 0 Å². The predicted molar refractivity (Wildman–Crippen MR) is 80.7 cm³/mol. The van der Waals surface area contributed by atoms with Crippen molar-refractivity contribution in [1.29, 1.82) is 0 Å². The molecule has 100 valence electrons. The van der Waals surface area contributed by atoms with Crippen molar-refractivity contribution in [2.75, 3.05) is 5.75 Å². The van der Waals surface area contributed by atoms with Gasteiger partial charge in [-0.3, -0.25) is 0 Å². The zero-order chi connectivity index (χ0) is 13.7. The molecule has 0 fully saturated rings. The van der Waals surface area contributed by atoms with Crippen LogP contribution in [0.15, 0.2) is 48.5 Å². The van der Waals surface area contributed by atoms with E-state index in [2.05, 4.69) is 25.1 Å². The third-order valence-corrected chi connectivity index (χ3v) is 4.22. The molecule has 2 rings (SSSR count). The van der Waals surface area contributed by atoms with Gasteiger partial charge in [-0.25, -0.2) is 4.39 Å². The van der Waals surface area contributed by atoms with Crippen molar-refractivity contribution in [2.24, 2.45) is 5.73 Å². The molecule has 2 N–H and O–H groups in total. The van der Waals surface area contributed by atoms with Crippen LogP contribution < -0.4 is 5.73 Å². The van der Waals surface area contributed by atoms with Crippen molar-refractivity contribution in [2.45, 2.75) is 18.7 Å². The maximum atomic E-state index is 12.8. The molecule has 2 aromatic carbocycles. The van der Waals surface area contributed by atoms with Crippen molar-refractivity contribution in [3.8, 4) is 0 Å². The van der Waals surface area contributed by atoms with E-state index in [1.165, 1.54) is 23.3 Å². The standard InChI is InChI=1S/C16H18FNS/c1-12-4-2-3-5-14(12)10-19-11-16(18)13-6-8-15(17)9-7-13/h2-9,16H,10-11,18H2,1H3. The minimum Gasteiger partial charge on any atom is -0.323 e. The molecule has 1 nitrogen and oxygen atoms in total. The quantitative estimate of drug-likeness (QED) is 0.890. The number of halogens is 1. The van der Waals surface area contributed by atoms with Gasteiger partial charge in [-0.15, -0.1) is 0 Å². The highest BCUT2D eigenvalue weighted by molar-refractivity contribution is 7.98. The Morgan fingerprint density at radius 3 is 2.47 bits per heavy atom. The molecule has 3 heteroatoms. The normalized spacial score (nSPS) is 12.4. The van der Waals surface area contributed by atoms with Gasteiger partial charge in [0.05, 0.1) is 0 Å². The summed E-state index contributed by atoms with van der Waals surface area (Å²) in [6, 6.07) is 14.8. The average Bonchev–Trinajstić information content (AvgIpc) is 2.41. The van der Waals surface area contributed by atoms with Gasteiger partial charge in [-0.05, 0) is 35.7 Å². The lowest BCUT2D eigenvalue weighted by molar-refractivity contribution is 0.626. The number of hydrogen-bond acceptors (Lipinski definition) is 2. The minimum absolute atomic E-state index is 0.0466. The summed E-state index contributed by atoms with van der Waals surface area (Å²) in [6.07, 6.45) is 0. The lowest BCUT2D eigenvalue weighted by atomic mass is 10.1. The predicted octanol–water partition coefficient (Wildman–Crippen LogP) is 4.07. The van der Waals surface area contributed by atoms with E-state index in [4.69, 9.17) is 5.73 Å². The van der Waals surface area contributed by atoms with Crippen LogP contribution in [0.3, 0.4) is 0 Å². The molecule has 0 saturated carbocycles. The van der Waals surface area contributed by atoms with Gasteiger partial charge in [0.25, 0.3) is 0 Å². The minimum atomic E-state index is -0.219. The van der Waals surface area contributed by atoms with Crippen LogP contribution in [0.1, 0.15) is 22.7 Å². The number of aryl methyl sites for hydroxylation is 1. The molecule has 0 heterocycles. The maximum Gasteiger partial charge on any atom is 0.123 e. The third kappa shape index (κ3) is 4.08. The van der Waals surface area contributed by atoms with E-state index in [0.29, 0.717) is 0 Å². The molecule has 0 bridgehead atoms. The van der Waals surface area contributed by atoms with Crippen molar-refractivity contribution in [1.82, 2.24) is 0 Å². The monoisotopic (exact) mass is 275 g/mol. The van der Waals surface area contributed by atoms with E-state index in [0.717, 1.165) is 17.1 Å². The Hall–Kier alpha value is -1.32. The molecule has 0 aromatic heterocycles. The molecule has 0 radical (unpaired) electrons. The molecule has 1 unspecified atom stereocenters. The molecule has 0 aliphatic rings. The second-order valence-corrected chi connectivity index (χ2v) is 5.63. The highest BCUT2D eigenvalue weighted by Gasteiger charge is 2.06. The molecule has 2 aromatic rings. The first kappa shape index (κ1) is 14.1. The fourth-order valence-electron chi connectivity index (χ4n) is 1.87. The summed E-state index contributed by atoms with van der Waals surface area (Å²) in [5.74, 6) is 1.57. The van der Waals surface area contributed by atoms with Gasteiger partial charge in [0.15, 0.2) is 0 Å².